The molecule has 0 saturated heterocycles. The Labute approximate surface area is 123 Å². The Morgan fingerprint density at radius 1 is 1.33 bits per heavy atom. The summed E-state index contributed by atoms with van der Waals surface area (Å²) in [5.41, 5.74) is 0.675. The monoisotopic (exact) mass is 329 g/mol. The third-order valence-electron chi connectivity index (χ3n) is 2.67. The van der Waals surface area contributed by atoms with Gasteiger partial charge < -0.3 is 4.98 Å². The molecule has 10 heteroatoms. The van der Waals surface area contributed by atoms with Crippen LogP contribution in [0.15, 0.2) is 27.2 Å². The van der Waals surface area contributed by atoms with Crippen LogP contribution in [-0.4, -0.2) is 18.3 Å². The number of aromatic amines is 1. The number of sulfonamides is 1. The summed E-state index contributed by atoms with van der Waals surface area (Å²) in [4.78, 5) is 23.3. The predicted octanol–water partition coefficient (Wildman–Crippen LogP) is 1.76. The Morgan fingerprint density at radius 2 is 2.00 bits per heavy atom. The molecule has 2 aromatic rings. The number of aryl methyl sites for hydroxylation is 2. The van der Waals surface area contributed by atoms with Crippen LogP contribution < -0.4 is 9.60 Å². The van der Waals surface area contributed by atoms with E-state index in [0.29, 0.717) is 16.9 Å². The number of rotatable bonds is 4. The maximum absolute atomic E-state index is 12.2. The van der Waals surface area contributed by atoms with Crippen LogP contribution in [0.5, 0.6) is 0 Å². The van der Waals surface area contributed by atoms with Gasteiger partial charge in [0.25, 0.3) is 15.7 Å². The number of benzene rings is 1. The summed E-state index contributed by atoms with van der Waals surface area (Å²) in [6, 6.07) is 3.88. The predicted molar refractivity (Wildman–Crippen MR) is 78.3 cm³/mol. The Bertz CT molecular complexity index is 866. The SMILES string of the molecule is Cc1cc(NS(=O)(=O)c2sc(=O)[nH]c2C)ccc1[N+](=O)[O-]. The average molecular weight is 329 g/mol. The number of nitro benzene ring substituents is 1. The zero-order valence-electron chi connectivity index (χ0n) is 11.0. The van der Waals surface area contributed by atoms with Gasteiger partial charge in [-0.15, -0.1) is 0 Å². The van der Waals surface area contributed by atoms with Crippen molar-refractivity contribution in [2.75, 3.05) is 4.72 Å². The molecule has 0 atom stereocenters. The van der Waals surface area contributed by atoms with Gasteiger partial charge in [0.1, 0.15) is 0 Å². The van der Waals surface area contributed by atoms with Gasteiger partial charge in [-0.3, -0.25) is 19.6 Å². The maximum atomic E-state index is 12.2. The lowest BCUT2D eigenvalue weighted by Gasteiger charge is -2.07. The van der Waals surface area contributed by atoms with Crippen LogP contribution in [0.25, 0.3) is 0 Å². The van der Waals surface area contributed by atoms with Crippen molar-refractivity contribution in [3.8, 4) is 0 Å². The standard InChI is InChI=1S/C11H11N3O5S2/c1-6-5-8(3-4-9(6)14(16)17)13-21(18,19)10-7(2)12-11(15)20-10/h3-5,13H,1-2H3,(H,12,15). The Morgan fingerprint density at radius 3 is 2.48 bits per heavy atom. The molecule has 1 aromatic heterocycles. The second kappa shape index (κ2) is 5.30. The molecule has 21 heavy (non-hydrogen) atoms. The molecule has 0 saturated carbocycles. The highest BCUT2D eigenvalue weighted by atomic mass is 32.2. The zero-order chi connectivity index (χ0) is 15.8. The lowest BCUT2D eigenvalue weighted by molar-refractivity contribution is -0.385. The summed E-state index contributed by atoms with van der Waals surface area (Å²) in [6.45, 7) is 2.99. The first-order valence-corrected chi connectivity index (χ1v) is 7.98. The van der Waals surface area contributed by atoms with Gasteiger partial charge in [-0.05, 0) is 26.0 Å². The van der Waals surface area contributed by atoms with Crippen molar-refractivity contribution in [3.63, 3.8) is 0 Å². The minimum atomic E-state index is -3.91. The van der Waals surface area contributed by atoms with E-state index in [9.17, 15) is 23.3 Å². The van der Waals surface area contributed by atoms with Gasteiger partial charge in [0, 0.05) is 23.0 Å². The normalized spacial score (nSPS) is 11.3. The Balaban J connectivity index is 2.37. The first-order chi connectivity index (χ1) is 9.70. The highest BCUT2D eigenvalue weighted by Gasteiger charge is 2.21. The third kappa shape index (κ3) is 3.11. The van der Waals surface area contributed by atoms with Crippen LogP contribution >= 0.6 is 11.3 Å². The topological polar surface area (TPSA) is 122 Å². The lowest BCUT2D eigenvalue weighted by Crippen LogP contribution is -2.13. The molecule has 8 nitrogen and oxygen atoms in total. The van der Waals surface area contributed by atoms with Crippen molar-refractivity contribution in [1.82, 2.24) is 4.98 Å². The molecule has 0 aliphatic heterocycles. The minimum Gasteiger partial charge on any atom is -0.315 e. The van der Waals surface area contributed by atoms with Crippen LogP contribution in [0.4, 0.5) is 11.4 Å². The van der Waals surface area contributed by atoms with Gasteiger partial charge in [-0.1, -0.05) is 11.3 Å². The fourth-order valence-electron chi connectivity index (χ4n) is 1.77. The lowest BCUT2D eigenvalue weighted by atomic mass is 10.2. The van der Waals surface area contributed by atoms with E-state index in [-0.39, 0.29) is 21.3 Å². The molecule has 0 aliphatic rings. The molecule has 0 amide bonds. The number of nitro groups is 1. The van der Waals surface area contributed by atoms with Gasteiger partial charge in [0.05, 0.1) is 4.92 Å². The van der Waals surface area contributed by atoms with Crippen LogP contribution in [0.3, 0.4) is 0 Å². The first kappa shape index (κ1) is 15.2. The number of H-pyrrole nitrogens is 1. The molecule has 112 valence electrons. The number of thiazole rings is 1. The number of hydrogen-bond donors (Lipinski definition) is 2. The smallest absolute Gasteiger partial charge is 0.306 e. The van der Waals surface area contributed by atoms with Gasteiger partial charge in [-0.2, -0.15) is 0 Å². The van der Waals surface area contributed by atoms with Gasteiger partial charge in [0.15, 0.2) is 4.21 Å². The molecule has 0 aliphatic carbocycles. The van der Waals surface area contributed by atoms with E-state index in [1.807, 2.05) is 0 Å². The molecule has 1 heterocycles. The van der Waals surface area contributed by atoms with E-state index in [1.54, 1.807) is 0 Å². The highest BCUT2D eigenvalue weighted by molar-refractivity contribution is 7.94. The number of anilines is 1. The molecule has 0 radical (unpaired) electrons. The molecule has 2 rings (SSSR count). The van der Waals surface area contributed by atoms with Gasteiger partial charge >= 0.3 is 4.87 Å². The molecular formula is C11H11N3O5S2. The average Bonchev–Trinajstić information content (AvgIpc) is 2.68. The summed E-state index contributed by atoms with van der Waals surface area (Å²) in [5, 5.41) is 10.7. The molecule has 0 unspecified atom stereocenters. The van der Waals surface area contributed by atoms with E-state index in [4.69, 9.17) is 0 Å². The van der Waals surface area contributed by atoms with Crippen molar-refractivity contribution in [1.29, 1.82) is 0 Å². The largest absolute Gasteiger partial charge is 0.315 e. The quantitative estimate of drug-likeness (QED) is 0.653. The van der Waals surface area contributed by atoms with E-state index in [2.05, 4.69) is 9.71 Å². The zero-order valence-corrected chi connectivity index (χ0v) is 12.7. The van der Waals surface area contributed by atoms with E-state index in [1.165, 1.54) is 32.0 Å². The molecular weight excluding hydrogens is 318 g/mol. The fraction of sp³-hybridized carbons (Fsp3) is 0.182. The second-order valence-corrected chi connectivity index (χ2v) is 7.15. The van der Waals surface area contributed by atoms with Crippen molar-refractivity contribution in [3.05, 3.63) is 49.2 Å². The Hall–Kier alpha value is -2.20. The highest BCUT2D eigenvalue weighted by Crippen LogP contribution is 2.25. The van der Waals surface area contributed by atoms with Crippen LogP contribution in [0.2, 0.25) is 0 Å². The molecule has 0 spiro atoms. The van der Waals surface area contributed by atoms with Crippen molar-refractivity contribution in [2.45, 2.75) is 18.1 Å². The Kier molecular flexibility index (Phi) is 3.83. The van der Waals surface area contributed by atoms with Crippen molar-refractivity contribution < 1.29 is 13.3 Å². The maximum Gasteiger partial charge on any atom is 0.306 e. The van der Waals surface area contributed by atoms with Gasteiger partial charge in [-0.25, -0.2) is 8.42 Å². The van der Waals surface area contributed by atoms with Crippen molar-refractivity contribution >= 4 is 32.7 Å². The second-order valence-electron chi connectivity index (χ2n) is 4.29. The fourth-order valence-corrected chi connectivity index (χ4v) is 4.12. The summed E-state index contributed by atoms with van der Waals surface area (Å²) in [5.74, 6) is 0. The molecule has 0 bridgehead atoms. The minimum absolute atomic E-state index is 0.0968. The molecule has 0 fully saturated rings. The summed E-state index contributed by atoms with van der Waals surface area (Å²) in [6.07, 6.45) is 0. The summed E-state index contributed by atoms with van der Waals surface area (Å²) in [7, 11) is -3.91. The summed E-state index contributed by atoms with van der Waals surface area (Å²) < 4.78 is 26.5. The third-order valence-corrected chi connectivity index (χ3v) is 5.66. The first-order valence-electron chi connectivity index (χ1n) is 5.68. The van der Waals surface area contributed by atoms with Crippen LogP contribution in [0, 0.1) is 24.0 Å². The van der Waals surface area contributed by atoms with E-state index < -0.39 is 19.8 Å². The summed E-state index contributed by atoms with van der Waals surface area (Å²) >= 11 is 0.583. The van der Waals surface area contributed by atoms with Gasteiger partial charge in [0.2, 0.25) is 0 Å². The number of hydrogen-bond acceptors (Lipinski definition) is 6. The van der Waals surface area contributed by atoms with Crippen LogP contribution in [-0.2, 0) is 10.0 Å². The number of aromatic nitrogens is 1. The van der Waals surface area contributed by atoms with E-state index in [0.717, 1.165) is 0 Å². The molecule has 1 aromatic carbocycles. The van der Waals surface area contributed by atoms with Crippen molar-refractivity contribution in [2.24, 2.45) is 0 Å². The molecule has 2 N–H and O–H groups in total. The number of nitrogens with zero attached hydrogens (tertiary/aromatic N) is 1. The van der Waals surface area contributed by atoms with E-state index >= 15 is 0 Å². The number of nitrogens with one attached hydrogen (secondary N) is 2. The van der Waals surface area contributed by atoms with Crippen LogP contribution in [0.1, 0.15) is 11.3 Å².